The molecule has 4 N–H and O–H groups in total. The Morgan fingerprint density at radius 1 is 1.23 bits per heavy atom. The molecule has 2 fully saturated rings. The molecule has 9 heteroatoms. The van der Waals surface area contributed by atoms with Crippen LogP contribution in [0, 0.1) is 11.3 Å². The van der Waals surface area contributed by atoms with Crippen LogP contribution < -0.4 is 21.9 Å². The SMILES string of the molecule is C[C@@H]1CCC2(CCN(c3nc(N)c(Sc4cccc(Cl)c4Cl)c(=O)n3C)CC2)[C@@H]1N. The molecule has 1 aromatic heterocycles. The van der Waals surface area contributed by atoms with Gasteiger partial charge in [0.2, 0.25) is 5.95 Å². The lowest BCUT2D eigenvalue weighted by Gasteiger charge is -2.43. The molecule has 1 aliphatic carbocycles. The van der Waals surface area contributed by atoms with Gasteiger partial charge in [-0.15, -0.1) is 0 Å². The molecule has 1 saturated heterocycles. The molecule has 30 heavy (non-hydrogen) atoms. The largest absolute Gasteiger partial charge is 0.382 e. The molecule has 2 aromatic rings. The lowest BCUT2D eigenvalue weighted by Crippen LogP contribution is -2.49. The van der Waals surface area contributed by atoms with Gasteiger partial charge in [0.25, 0.3) is 5.56 Å². The zero-order valence-corrected chi connectivity index (χ0v) is 19.5. The minimum Gasteiger partial charge on any atom is -0.382 e. The second kappa shape index (κ2) is 8.26. The molecule has 2 aliphatic rings. The van der Waals surface area contributed by atoms with Gasteiger partial charge in [-0.2, -0.15) is 4.98 Å². The van der Waals surface area contributed by atoms with E-state index in [0.29, 0.717) is 31.7 Å². The molecule has 0 amide bonds. The van der Waals surface area contributed by atoms with Crippen molar-refractivity contribution in [1.29, 1.82) is 0 Å². The van der Waals surface area contributed by atoms with E-state index in [1.807, 2.05) is 6.07 Å². The maximum Gasteiger partial charge on any atom is 0.270 e. The van der Waals surface area contributed by atoms with Crippen molar-refractivity contribution in [2.24, 2.45) is 24.1 Å². The molecule has 1 spiro atoms. The first-order valence-corrected chi connectivity index (χ1v) is 11.8. The summed E-state index contributed by atoms with van der Waals surface area (Å²) in [6.07, 6.45) is 4.42. The Hall–Kier alpha value is -1.41. The first kappa shape index (κ1) is 21.8. The zero-order chi connectivity index (χ0) is 21.6. The highest BCUT2D eigenvalue weighted by Crippen LogP contribution is 2.48. The van der Waals surface area contributed by atoms with Gasteiger partial charge in [0.1, 0.15) is 10.7 Å². The number of hydrogen-bond acceptors (Lipinski definition) is 6. The van der Waals surface area contributed by atoms with Crippen molar-refractivity contribution in [3.63, 3.8) is 0 Å². The fraction of sp³-hybridized carbons (Fsp3) is 0.524. The van der Waals surface area contributed by atoms with Gasteiger partial charge >= 0.3 is 0 Å². The average Bonchev–Trinajstić information content (AvgIpc) is 3.00. The van der Waals surface area contributed by atoms with E-state index in [-0.39, 0.29) is 22.8 Å². The number of piperidine rings is 1. The highest BCUT2D eigenvalue weighted by Gasteiger charge is 2.46. The summed E-state index contributed by atoms with van der Waals surface area (Å²) >= 11 is 13.6. The Kier molecular flexibility index (Phi) is 6.01. The number of anilines is 2. The van der Waals surface area contributed by atoms with Crippen molar-refractivity contribution in [2.45, 2.75) is 48.4 Å². The van der Waals surface area contributed by atoms with E-state index >= 15 is 0 Å². The van der Waals surface area contributed by atoms with Crippen molar-refractivity contribution >= 4 is 46.7 Å². The molecule has 6 nitrogen and oxygen atoms in total. The van der Waals surface area contributed by atoms with Gasteiger partial charge in [0.15, 0.2) is 0 Å². The Morgan fingerprint density at radius 3 is 2.57 bits per heavy atom. The van der Waals surface area contributed by atoms with Crippen LogP contribution in [0.2, 0.25) is 10.0 Å². The van der Waals surface area contributed by atoms with E-state index in [9.17, 15) is 4.79 Å². The summed E-state index contributed by atoms with van der Waals surface area (Å²) in [6, 6.07) is 5.55. The third-order valence-electron chi connectivity index (χ3n) is 6.84. The van der Waals surface area contributed by atoms with Crippen LogP contribution in [0.5, 0.6) is 0 Å². The van der Waals surface area contributed by atoms with Crippen LogP contribution in [0.15, 0.2) is 32.8 Å². The van der Waals surface area contributed by atoms with Crippen molar-refractivity contribution in [3.05, 3.63) is 38.6 Å². The third-order valence-corrected chi connectivity index (χ3v) is 8.92. The van der Waals surface area contributed by atoms with Gasteiger partial charge in [-0.3, -0.25) is 9.36 Å². The van der Waals surface area contributed by atoms with E-state index in [1.165, 1.54) is 24.6 Å². The Balaban J connectivity index is 1.58. The van der Waals surface area contributed by atoms with Crippen LogP contribution in [-0.4, -0.2) is 28.7 Å². The summed E-state index contributed by atoms with van der Waals surface area (Å²) in [5.74, 6) is 1.39. The molecule has 2 heterocycles. The first-order valence-electron chi connectivity index (χ1n) is 10.2. The van der Waals surface area contributed by atoms with Gasteiger partial charge in [-0.1, -0.05) is 48.0 Å². The fourth-order valence-electron chi connectivity index (χ4n) is 4.84. The second-order valence-electron chi connectivity index (χ2n) is 8.54. The number of benzene rings is 1. The predicted molar refractivity (Wildman–Crippen MR) is 125 cm³/mol. The lowest BCUT2D eigenvalue weighted by molar-refractivity contribution is 0.185. The first-order chi connectivity index (χ1) is 14.2. The summed E-state index contributed by atoms with van der Waals surface area (Å²) < 4.78 is 1.58. The van der Waals surface area contributed by atoms with Crippen molar-refractivity contribution in [2.75, 3.05) is 23.7 Å². The predicted octanol–water partition coefficient (Wildman–Crippen LogP) is 4.16. The summed E-state index contributed by atoms with van der Waals surface area (Å²) in [7, 11) is 1.74. The fourth-order valence-corrected chi connectivity index (χ4v) is 6.25. The van der Waals surface area contributed by atoms with Crippen molar-refractivity contribution in [1.82, 2.24) is 9.55 Å². The van der Waals surface area contributed by atoms with E-state index < -0.39 is 0 Å². The number of halogens is 2. The number of nitrogens with two attached hydrogens (primary N) is 2. The normalized spacial score (nSPS) is 23.3. The van der Waals surface area contributed by atoms with Gasteiger partial charge in [0.05, 0.1) is 10.0 Å². The Bertz CT molecular complexity index is 1020. The van der Waals surface area contributed by atoms with E-state index in [0.717, 1.165) is 25.9 Å². The smallest absolute Gasteiger partial charge is 0.270 e. The molecular formula is C21H27Cl2N5OS. The highest BCUT2D eigenvalue weighted by atomic mass is 35.5. The lowest BCUT2D eigenvalue weighted by atomic mass is 9.73. The number of aromatic nitrogens is 2. The number of nitrogen functional groups attached to an aromatic ring is 1. The Morgan fingerprint density at radius 2 is 1.93 bits per heavy atom. The van der Waals surface area contributed by atoms with E-state index in [4.69, 9.17) is 34.7 Å². The second-order valence-corrected chi connectivity index (χ2v) is 10.4. The van der Waals surface area contributed by atoms with Gasteiger partial charge in [0, 0.05) is 31.1 Å². The monoisotopic (exact) mass is 467 g/mol. The zero-order valence-electron chi connectivity index (χ0n) is 17.2. The van der Waals surface area contributed by atoms with Crippen LogP contribution in [0.1, 0.15) is 32.6 Å². The molecular weight excluding hydrogens is 441 g/mol. The van der Waals surface area contributed by atoms with Crippen LogP contribution in [-0.2, 0) is 7.05 Å². The molecule has 1 aliphatic heterocycles. The summed E-state index contributed by atoms with van der Waals surface area (Å²) in [4.78, 5) is 20.9. The topological polar surface area (TPSA) is 90.2 Å². The van der Waals surface area contributed by atoms with E-state index in [1.54, 1.807) is 23.7 Å². The third kappa shape index (κ3) is 3.70. The van der Waals surface area contributed by atoms with Gasteiger partial charge < -0.3 is 16.4 Å². The maximum absolute atomic E-state index is 13.1. The molecule has 0 unspecified atom stereocenters. The Labute approximate surface area is 190 Å². The molecule has 0 radical (unpaired) electrons. The molecule has 4 rings (SSSR count). The van der Waals surface area contributed by atoms with E-state index in [2.05, 4.69) is 16.8 Å². The summed E-state index contributed by atoms with van der Waals surface area (Å²) in [5.41, 5.74) is 12.8. The van der Waals surface area contributed by atoms with Gasteiger partial charge in [-0.25, -0.2) is 0 Å². The number of nitrogens with zero attached hydrogens (tertiary/aromatic N) is 3. The molecule has 1 aromatic carbocycles. The quantitative estimate of drug-likeness (QED) is 0.703. The molecule has 1 saturated carbocycles. The average molecular weight is 468 g/mol. The summed E-state index contributed by atoms with van der Waals surface area (Å²) in [5, 5.41) is 0.835. The molecule has 0 bridgehead atoms. The molecule has 2 atom stereocenters. The van der Waals surface area contributed by atoms with Crippen LogP contribution in [0.3, 0.4) is 0 Å². The number of rotatable bonds is 3. The maximum atomic E-state index is 13.1. The van der Waals surface area contributed by atoms with Crippen LogP contribution in [0.25, 0.3) is 0 Å². The molecule has 162 valence electrons. The minimum absolute atomic E-state index is 0.190. The van der Waals surface area contributed by atoms with Crippen LogP contribution >= 0.6 is 35.0 Å². The summed E-state index contributed by atoms with van der Waals surface area (Å²) in [6.45, 7) is 3.90. The highest BCUT2D eigenvalue weighted by molar-refractivity contribution is 7.99. The van der Waals surface area contributed by atoms with Crippen molar-refractivity contribution < 1.29 is 0 Å². The van der Waals surface area contributed by atoms with Gasteiger partial charge in [-0.05, 0) is 49.1 Å². The number of hydrogen-bond donors (Lipinski definition) is 2. The minimum atomic E-state index is -0.190. The van der Waals surface area contributed by atoms with Crippen LogP contribution in [0.4, 0.5) is 11.8 Å². The standard InChI is InChI=1S/C21H27Cl2N5OS/c1-12-6-7-21(17(12)24)8-10-28(11-9-21)20-26-18(25)16(19(29)27(20)2)30-14-5-3-4-13(22)15(14)23/h3-5,12,17H,6-11,24-25H2,1-2H3/t12-,17-/m1/s1. The van der Waals surface area contributed by atoms with Crippen molar-refractivity contribution in [3.8, 4) is 0 Å².